The molecule has 0 aliphatic heterocycles. The van der Waals surface area contributed by atoms with E-state index in [1.165, 1.54) is 0 Å². The van der Waals surface area contributed by atoms with E-state index in [4.69, 9.17) is 5.73 Å². The lowest BCUT2D eigenvalue weighted by Gasteiger charge is -2.06. The van der Waals surface area contributed by atoms with Crippen molar-refractivity contribution in [2.75, 3.05) is 13.6 Å². The maximum absolute atomic E-state index is 11.0. The summed E-state index contributed by atoms with van der Waals surface area (Å²) < 4.78 is 0. The van der Waals surface area contributed by atoms with Crippen LogP contribution < -0.4 is 11.1 Å². The summed E-state index contributed by atoms with van der Waals surface area (Å²) in [6.45, 7) is 1.66. The molecular weight excluding hydrogens is 144 g/mol. The van der Waals surface area contributed by atoms with Gasteiger partial charge in [0.05, 0.1) is 19.0 Å². The smallest absolute Gasteiger partial charge is 0.156 e. The van der Waals surface area contributed by atoms with Crippen molar-refractivity contribution in [2.24, 2.45) is 5.73 Å². The summed E-state index contributed by atoms with van der Waals surface area (Å²) in [6.07, 6.45) is -0.0570. The van der Waals surface area contributed by atoms with Gasteiger partial charge in [-0.2, -0.15) is 0 Å². The van der Waals surface area contributed by atoms with Crippen molar-refractivity contribution in [1.29, 1.82) is 0 Å². The van der Waals surface area contributed by atoms with E-state index in [9.17, 15) is 9.59 Å². The Balaban J connectivity index is 3.77. The third kappa shape index (κ3) is 3.85. The molecule has 0 aromatic carbocycles. The predicted molar refractivity (Wildman–Crippen MR) is 42.2 cm³/mol. The van der Waals surface area contributed by atoms with Crippen LogP contribution in [0.4, 0.5) is 0 Å². The van der Waals surface area contributed by atoms with Crippen LogP contribution in [0.2, 0.25) is 0 Å². The minimum absolute atomic E-state index is 0.0534. The van der Waals surface area contributed by atoms with Crippen LogP contribution in [-0.4, -0.2) is 31.2 Å². The Bertz CT molecular complexity index is 157. The molecular formula is C7H14N2O2. The van der Waals surface area contributed by atoms with Crippen molar-refractivity contribution in [3.8, 4) is 0 Å². The van der Waals surface area contributed by atoms with Gasteiger partial charge >= 0.3 is 0 Å². The molecule has 0 aliphatic rings. The number of hydrogen-bond acceptors (Lipinski definition) is 4. The molecule has 0 spiro atoms. The lowest BCUT2D eigenvalue weighted by Crippen LogP contribution is -2.33. The number of hydrogen-bond donors (Lipinski definition) is 2. The Hall–Kier alpha value is -0.740. The number of ketones is 2. The predicted octanol–water partition coefficient (Wildman–Crippen LogP) is -0.919. The fraction of sp³-hybridized carbons (Fsp3) is 0.714. The second-order valence-electron chi connectivity index (χ2n) is 2.40. The first kappa shape index (κ1) is 10.3. The third-order valence-corrected chi connectivity index (χ3v) is 1.52. The molecule has 0 rings (SSSR count). The molecule has 4 nitrogen and oxygen atoms in total. The van der Waals surface area contributed by atoms with Crippen molar-refractivity contribution >= 4 is 11.6 Å². The molecule has 0 fully saturated rings. The number of carbonyl (C=O) groups excluding carboxylic acids is 2. The molecule has 64 valence electrons. The van der Waals surface area contributed by atoms with E-state index in [0.29, 0.717) is 0 Å². The maximum Gasteiger partial charge on any atom is 0.156 e. The molecule has 0 bridgehead atoms. The van der Waals surface area contributed by atoms with Gasteiger partial charge in [0.2, 0.25) is 0 Å². The van der Waals surface area contributed by atoms with Crippen molar-refractivity contribution in [3.05, 3.63) is 0 Å². The Morgan fingerprint density at radius 3 is 2.45 bits per heavy atom. The van der Waals surface area contributed by atoms with E-state index in [2.05, 4.69) is 5.32 Å². The second-order valence-corrected chi connectivity index (χ2v) is 2.40. The fourth-order valence-corrected chi connectivity index (χ4v) is 0.581. The fourth-order valence-electron chi connectivity index (χ4n) is 0.581. The van der Waals surface area contributed by atoms with Gasteiger partial charge in [0.25, 0.3) is 0 Å². The van der Waals surface area contributed by atoms with Crippen molar-refractivity contribution in [3.63, 3.8) is 0 Å². The summed E-state index contributed by atoms with van der Waals surface area (Å²) in [4.78, 5) is 21.7. The number of Topliss-reactive ketones (excluding diaryl/α,β-unsaturated/α-hetero) is 2. The normalized spacial score (nSPS) is 12.6. The molecule has 3 N–H and O–H groups in total. The highest BCUT2D eigenvalue weighted by atomic mass is 16.1. The molecule has 0 saturated carbocycles. The lowest BCUT2D eigenvalue weighted by molar-refractivity contribution is -0.127. The molecule has 0 saturated heterocycles. The summed E-state index contributed by atoms with van der Waals surface area (Å²) in [5.74, 6) is -0.319. The molecule has 0 unspecified atom stereocenters. The summed E-state index contributed by atoms with van der Waals surface area (Å²) in [5.41, 5.74) is 5.04. The molecule has 0 aromatic heterocycles. The first-order valence-corrected chi connectivity index (χ1v) is 3.53. The molecule has 11 heavy (non-hydrogen) atoms. The topological polar surface area (TPSA) is 72.2 Å². The van der Waals surface area contributed by atoms with Crippen molar-refractivity contribution < 1.29 is 9.59 Å². The average Bonchev–Trinajstić information content (AvgIpc) is 2.02. The van der Waals surface area contributed by atoms with Gasteiger partial charge in [-0.05, 0) is 14.0 Å². The average molecular weight is 158 g/mol. The van der Waals surface area contributed by atoms with Gasteiger partial charge < -0.3 is 11.1 Å². The number of nitrogens with one attached hydrogen (secondary N) is 1. The summed E-state index contributed by atoms with van der Waals surface area (Å²) in [7, 11) is 1.68. The van der Waals surface area contributed by atoms with E-state index >= 15 is 0 Å². The SMILES string of the molecule is CN[C@@H](C)C(=O)CC(=O)CN. The summed E-state index contributed by atoms with van der Waals surface area (Å²) in [5, 5.41) is 2.75. The Morgan fingerprint density at radius 1 is 1.55 bits per heavy atom. The minimum Gasteiger partial charge on any atom is -0.324 e. The molecule has 0 aromatic rings. The molecule has 0 amide bonds. The van der Waals surface area contributed by atoms with Crippen LogP contribution >= 0.6 is 0 Å². The molecule has 4 heteroatoms. The van der Waals surface area contributed by atoms with Crippen LogP contribution in [0.15, 0.2) is 0 Å². The Kier molecular flexibility index (Phi) is 4.65. The van der Waals surface area contributed by atoms with Gasteiger partial charge in [-0.25, -0.2) is 0 Å². The largest absolute Gasteiger partial charge is 0.324 e. The molecule has 0 aliphatic carbocycles. The number of nitrogens with two attached hydrogens (primary N) is 1. The Morgan fingerprint density at radius 2 is 2.09 bits per heavy atom. The van der Waals surface area contributed by atoms with Crippen LogP contribution in [-0.2, 0) is 9.59 Å². The van der Waals surface area contributed by atoms with Crippen LogP contribution in [0, 0.1) is 0 Å². The van der Waals surface area contributed by atoms with E-state index in [1.807, 2.05) is 0 Å². The standard InChI is InChI=1S/C7H14N2O2/c1-5(9-2)7(11)3-6(10)4-8/h5,9H,3-4,8H2,1-2H3/t5-/m0/s1. The van der Waals surface area contributed by atoms with Gasteiger partial charge in [-0.15, -0.1) is 0 Å². The zero-order chi connectivity index (χ0) is 8.85. The van der Waals surface area contributed by atoms with Crippen molar-refractivity contribution in [1.82, 2.24) is 5.32 Å². The van der Waals surface area contributed by atoms with E-state index in [0.717, 1.165) is 0 Å². The van der Waals surface area contributed by atoms with Crippen LogP contribution in [0.1, 0.15) is 13.3 Å². The first-order chi connectivity index (χ1) is 5.11. The highest BCUT2D eigenvalue weighted by Gasteiger charge is 2.13. The van der Waals surface area contributed by atoms with Crippen LogP contribution in [0.5, 0.6) is 0 Å². The minimum atomic E-state index is -0.259. The highest BCUT2D eigenvalue weighted by molar-refractivity contribution is 6.01. The zero-order valence-corrected chi connectivity index (χ0v) is 6.89. The van der Waals surface area contributed by atoms with Gasteiger partial charge in [-0.1, -0.05) is 0 Å². The van der Waals surface area contributed by atoms with Gasteiger partial charge in [0, 0.05) is 0 Å². The number of carbonyl (C=O) groups is 2. The third-order valence-electron chi connectivity index (χ3n) is 1.52. The van der Waals surface area contributed by atoms with Gasteiger partial charge in [-0.3, -0.25) is 9.59 Å². The molecule has 0 heterocycles. The van der Waals surface area contributed by atoms with Crippen LogP contribution in [0.25, 0.3) is 0 Å². The molecule has 0 radical (unpaired) electrons. The monoisotopic (exact) mass is 158 g/mol. The first-order valence-electron chi connectivity index (χ1n) is 3.53. The van der Waals surface area contributed by atoms with Gasteiger partial charge in [0.15, 0.2) is 11.6 Å². The molecule has 1 atom stereocenters. The van der Waals surface area contributed by atoms with Gasteiger partial charge in [0.1, 0.15) is 0 Å². The van der Waals surface area contributed by atoms with Crippen molar-refractivity contribution in [2.45, 2.75) is 19.4 Å². The van der Waals surface area contributed by atoms with E-state index in [-0.39, 0.29) is 30.6 Å². The number of likely N-dealkylation sites (N-methyl/N-ethyl adjacent to an activating group) is 1. The zero-order valence-electron chi connectivity index (χ0n) is 6.89. The van der Waals surface area contributed by atoms with E-state index in [1.54, 1.807) is 14.0 Å². The Labute approximate surface area is 66.1 Å². The summed E-state index contributed by atoms with van der Waals surface area (Å²) in [6, 6.07) is -0.259. The number of rotatable bonds is 5. The highest BCUT2D eigenvalue weighted by Crippen LogP contribution is 1.90. The van der Waals surface area contributed by atoms with E-state index < -0.39 is 0 Å². The lowest BCUT2D eigenvalue weighted by atomic mass is 10.1. The van der Waals surface area contributed by atoms with Crippen LogP contribution in [0.3, 0.4) is 0 Å². The maximum atomic E-state index is 11.0. The quantitative estimate of drug-likeness (QED) is 0.508. The second kappa shape index (κ2) is 4.98. The summed E-state index contributed by atoms with van der Waals surface area (Å²) >= 11 is 0.